The van der Waals surface area contributed by atoms with Crippen molar-refractivity contribution in [1.29, 1.82) is 0 Å². The van der Waals surface area contributed by atoms with Crippen molar-refractivity contribution in [2.45, 2.75) is 12.5 Å². The van der Waals surface area contributed by atoms with E-state index in [1.807, 2.05) is 31.3 Å². The van der Waals surface area contributed by atoms with Gasteiger partial charge >= 0.3 is 0 Å². The maximum atomic E-state index is 9.56. The molecule has 0 aromatic heterocycles. The van der Waals surface area contributed by atoms with Crippen molar-refractivity contribution < 1.29 is 9.84 Å². The van der Waals surface area contributed by atoms with Gasteiger partial charge in [-0.1, -0.05) is 12.1 Å². The second kappa shape index (κ2) is 5.62. The minimum absolute atomic E-state index is 0.341. The maximum absolute atomic E-state index is 9.56. The van der Waals surface area contributed by atoms with E-state index < -0.39 is 0 Å². The molecule has 2 N–H and O–H groups in total. The molecule has 1 unspecified atom stereocenters. The maximum Gasteiger partial charge on any atom is 0.119 e. The molecule has 0 saturated carbocycles. The minimum Gasteiger partial charge on any atom is -0.497 e. The number of rotatable bonds is 5. The average Bonchev–Trinajstić information content (AvgIpc) is 2.18. The molecule has 3 heteroatoms. The number of aliphatic hydroxyl groups is 1. The monoisotopic (exact) mass is 195 g/mol. The third kappa shape index (κ3) is 3.36. The summed E-state index contributed by atoms with van der Waals surface area (Å²) in [6, 6.07) is 7.76. The Labute approximate surface area is 84.7 Å². The van der Waals surface area contributed by atoms with Crippen molar-refractivity contribution in [3.8, 4) is 5.75 Å². The van der Waals surface area contributed by atoms with E-state index in [-0.39, 0.29) is 6.10 Å². The smallest absolute Gasteiger partial charge is 0.119 e. The van der Waals surface area contributed by atoms with Gasteiger partial charge in [0, 0.05) is 6.54 Å². The molecule has 14 heavy (non-hydrogen) atoms. The van der Waals surface area contributed by atoms with Gasteiger partial charge in [0.15, 0.2) is 0 Å². The second-order valence-electron chi connectivity index (χ2n) is 3.27. The highest BCUT2D eigenvalue weighted by molar-refractivity contribution is 5.28. The summed E-state index contributed by atoms with van der Waals surface area (Å²) in [5.41, 5.74) is 1.09. The van der Waals surface area contributed by atoms with Gasteiger partial charge in [-0.15, -0.1) is 0 Å². The van der Waals surface area contributed by atoms with Crippen molar-refractivity contribution >= 4 is 0 Å². The third-order valence-electron chi connectivity index (χ3n) is 2.05. The van der Waals surface area contributed by atoms with E-state index in [0.29, 0.717) is 13.0 Å². The predicted molar refractivity (Wildman–Crippen MR) is 56.6 cm³/mol. The molecule has 0 amide bonds. The summed E-state index contributed by atoms with van der Waals surface area (Å²) in [5.74, 6) is 0.833. The molecule has 0 bridgehead atoms. The summed E-state index contributed by atoms with van der Waals surface area (Å²) in [4.78, 5) is 0. The molecule has 1 atom stereocenters. The van der Waals surface area contributed by atoms with Gasteiger partial charge in [-0.25, -0.2) is 0 Å². The number of benzene rings is 1. The molecule has 0 heterocycles. The van der Waals surface area contributed by atoms with Crippen LogP contribution in [0.4, 0.5) is 0 Å². The first-order valence-electron chi connectivity index (χ1n) is 4.72. The number of likely N-dealkylation sites (N-methyl/N-ethyl adjacent to an activating group) is 1. The van der Waals surface area contributed by atoms with Gasteiger partial charge in [0.2, 0.25) is 0 Å². The lowest BCUT2D eigenvalue weighted by molar-refractivity contribution is 0.174. The summed E-state index contributed by atoms with van der Waals surface area (Å²) in [7, 11) is 3.47. The van der Waals surface area contributed by atoms with Crippen LogP contribution >= 0.6 is 0 Å². The Bertz CT molecular complexity index is 276. The summed E-state index contributed by atoms with van der Waals surface area (Å²) >= 11 is 0. The zero-order valence-corrected chi connectivity index (χ0v) is 8.66. The van der Waals surface area contributed by atoms with Crippen molar-refractivity contribution in [2.75, 3.05) is 20.7 Å². The van der Waals surface area contributed by atoms with Crippen LogP contribution in [0.2, 0.25) is 0 Å². The number of aliphatic hydroxyl groups excluding tert-OH is 1. The van der Waals surface area contributed by atoms with Crippen molar-refractivity contribution in [2.24, 2.45) is 0 Å². The fraction of sp³-hybridized carbons (Fsp3) is 0.455. The average molecular weight is 195 g/mol. The normalized spacial score (nSPS) is 12.5. The van der Waals surface area contributed by atoms with Crippen LogP contribution in [0.5, 0.6) is 5.75 Å². The lowest BCUT2D eigenvalue weighted by atomic mass is 10.1. The van der Waals surface area contributed by atoms with E-state index in [9.17, 15) is 5.11 Å². The number of ether oxygens (including phenoxy) is 1. The minimum atomic E-state index is -0.341. The fourth-order valence-corrected chi connectivity index (χ4v) is 1.38. The lowest BCUT2D eigenvalue weighted by Gasteiger charge is -2.10. The molecule has 0 saturated heterocycles. The number of methoxy groups -OCH3 is 1. The zero-order chi connectivity index (χ0) is 10.4. The Morgan fingerprint density at radius 2 is 2.29 bits per heavy atom. The van der Waals surface area contributed by atoms with Crippen LogP contribution in [0.15, 0.2) is 24.3 Å². The van der Waals surface area contributed by atoms with Crippen LogP contribution in [0.3, 0.4) is 0 Å². The van der Waals surface area contributed by atoms with Crippen molar-refractivity contribution in [3.63, 3.8) is 0 Å². The molecule has 0 radical (unpaired) electrons. The van der Waals surface area contributed by atoms with E-state index in [1.54, 1.807) is 7.11 Å². The summed E-state index contributed by atoms with van der Waals surface area (Å²) < 4.78 is 5.10. The van der Waals surface area contributed by atoms with Gasteiger partial charge in [-0.05, 0) is 31.2 Å². The van der Waals surface area contributed by atoms with Crippen LogP contribution in [0.1, 0.15) is 5.56 Å². The molecule has 78 valence electrons. The summed E-state index contributed by atoms with van der Waals surface area (Å²) in [5, 5.41) is 12.5. The van der Waals surface area contributed by atoms with E-state index in [0.717, 1.165) is 11.3 Å². The zero-order valence-electron chi connectivity index (χ0n) is 8.66. The Kier molecular flexibility index (Phi) is 4.43. The Morgan fingerprint density at radius 1 is 1.50 bits per heavy atom. The molecule has 0 aliphatic rings. The molecular formula is C11H17NO2. The number of nitrogens with one attached hydrogen (secondary N) is 1. The molecule has 1 aromatic carbocycles. The van der Waals surface area contributed by atoms with E-state index in [4.69, 9.17) is 4.74 Å². The largest absolute Gasteiger partial charge is 0.497 e. The van der Waals surface area contributed by atoms with Crippen LogP contribution < -0.4 is 10.1 Å². The van der Waals surface area contributed by atoms with Crippen LogP contribution in [-0.2, 0) is 6.42 Å². The third-order valence-corrected chi connectivity index (χ3v) is 2.05. The highest BCUT2D eigenvalue weighted by Gasteiger charge is 2.04. The van der Waals surface area contributed by atoms with Gasteiger partial charge in [-0.2, -0.15) is 0 Å². The SMILES string of the molecule is CNCC(O)Cc1cccc(OC)c1. The molecule has 3 nitrogen and oxygen atoms in total. The van der Waals surface area contributed by atoms with Crippen LogP contribution in [0, 0.1) is 0 Å². The fourth-order valence-electron chi connectivity index (χ4n) is 1.38. The summed E-state index contributed by atoms with van der Waals surface area (Å²) in [6.45, 7) is 0.608. The van der Waals surface area contributed by atoms with Gasteiger partial charge in [0.1, 0.15) is 5.75 Å². The van der Waals surface area contributed by atoms with E-state index in [2.05, 4.69) is 5.32 Å². The van der Waals surface area contributed by atoms with Crippen LogP contribution in [-0.4, -0.2) is 31.9 Å². The summed E-state index contributed by atoms with van der Waals surface area (Å²) in [6.07, 6.45) is 0.310. The Morgan fingerprint density at radius 3 is 2.93 bits per heavy atom. The molecule has 1 aromatic rings. The molecule has 0 spiro atoms. The van der Waals surface area contributed by atoms with Gasteiger partial charge < -0.3 is 15.2 Å². The number of hydrogen-bond acceptors (Lipinski definition) is 3. The van der Waals surface area contributed by atoms with Crippen LogP contribution in [0.25, 0.3) is 0 Å². The predicted octanol–water partition coefficient (Wildman–Crippen LogP) is 0.818. The molecule has 1 rings (SSSR count). The van der Waals surface area contributed by atoms with Gasteiger partial charge in [0.05, 0.1) is 13.2 Å². The first-order chi connectivity index (χ1) is 6.76. The quantitative estimate of drug-likeness (QED) is 0.731. The van der Waals surface area contributed by atoms with Crippen molar-refractivity contribution in [3.05, 3.63) is 29.8 Å². The molecular weight excluding hydrogens is 178 g/mol. The first kappa shape index (κ1) is 11.0. The Balaban J connectivity index is 2.57. The van der Waals surface area contributed by atoms with Gasteiger partial charge in [0.25, 0.3) is 0 Å². The number of hydrogen-bond donors (Lipinski definition) is 2. The topological polar surface area (TPSA) is 41.5 Å². The lowest BCUT2D eigenvalue weighted by Crippen LogP contribution is -2.25. The standard InChI is InChI=1S/C11H17NO2/c1-12-8-10(13)6-9-4-3-5-11(7-9)14-2/h3-5,7,10,12-13H,6,8H2,1-2H3. The van der Waals surface area contributed by atoms with E-state index in [1.165, 1.54) is 0 Å². The molecule has 0 aliphatic heterocycles. The molecule has 0 fully saturated rings. The van der Waals surface area contributed by atoms with E-state index >= 15 is 0 Å². The highest BCUT2D eigenvalue weighted by atomic mass is 16.5. The highest BCUT2D eigenvalue weighted by Crippen LogP contribution is 2.13. The first-order valence-corrected chi connectivity index (χ1v) is 4.72. The Hall–Kier alpha value is -1.06. The molecule has 0 aliphatic carbocycles. The van der Waals surface area contributed by atoms with Gasteiger partial charge in [-0.3, -0.25) is 0 Å². The van der Waals surface area contributed by atoms with Crippen molar-refractivity contribution in [1.82, 2.24) is 5.32 Å². The second-order valence-corrected chi connectivity index (χ2v) is 3.27.